The minimum Gasteiger partial charge on any atom is -0.444 e. The Morgan fingerprint density at radius 2 is 1.42 bits per heavy atom. The Hall–Kier alpha value is -3.35. The van der Waals surface area contributed by atoms with Crippen molar-refractivity contribution in [3.63, 3.8) is 0 Å². The first-order valence-electron chi connectivity index (χ1n) is 15.7. The molecule has 3 amide bonds. The Bertz CT molecular complexity index is 1240. The van der Waals surface area contributed by atoms with Gasteiger partial charge in [0.1, 0.15) is 17.7 Å². The summed E-state index contributed by atoms with van der Waals surface area (Å²) < 4.78 is 5.55. The molecule has 2 N–H and O–H groups in total. The summed E-state index contributed by atoms with van der Waals surface area (Å²) in [4.78, 5) is 43.8. The second kappa shape index (κ2) is 15.4. The summed E-state index contributed by atoms with van der Waals surface area (Å²) in [5.41, 5.74) is 4.80. The van der Waals surface area contributed by atoms with Crippen molar-refractivity contribution in [1.82, 2.24) is 10.2 Å². The van der Waals surface area contributed by atoms with E-state index in [1.165, 1.54) is 0 Å². The number of rotatable bonds is 12. The van der Waals surface area contributed by atoms with Gasteiger partial charge in [-0.25, -0.2) is 4.79 Å². The number of ether oxygens (including phenoxy) is 1. The summed E-state index contributed by atoms with van der Waals surface area (Å²) in [6.45, 7) is 23.7. The smallest absolute Gasteiger partial charge is 0.408 e. The Labute approximate surface area is 260 Å². The molecular formula is C36H55N3O4. The molecule has 0 aliphatic carbocycles. The van der Waals surface area contributed by atoms with Crippen LogP contribution in [0.1, 0.15) is 109 Å². The van der Waals surface area contributed by atoms with Crippen molar-refractivity contribution in [2.75, 3.05) is 5.32 Å². The van der Waals surface area contributed by atoms with Crippen molar-refractivity contribution < 1.29 is 19.1 Å². The number of hydrogen-bond donors (Lipinski definition) is 2. The fourth-order valence-electron chi connectivity index (χ4n) is 5.21. The molecule has 0 aliphatic heterocycles. The van der Waals surface area contributed by atoms with Crippen molar-refractivity contribution in [2.45, 2.75) is 126 Å². The largest absolute Gasteiger partial charge is 0.444 e. The van der Waals surface area contributed by atoms with Gasteiger partial charge in [-0.3, -0.25) is 9.59 Å². The minimum atomic E-state index is -0.914. The van der Waals surface area contributed by atoms with Gasteiger partial charge in [0, 0.05) is 11.7 Å². The summed E-state index contributed by atoms with van der Waals surface area (Å²) in [5.74, 6) is -0.0452. The molecule has 2 aromatic rings. The molecule has 238 valence electrons. The van der Waals surface area contributed by atoms with E-state index in [1.807, 2.05) is 84.9 Å². The predicted molar refractivity (Wildman–Crippen MR) is 176 cm³/mol. The van der Waals surface area contributed by atoms with Crippen LogP contribution in [0, 0.1) is 39.5 Å². The van der Waals surface area contributed by atoms with Crippen LogP contribution < -0.4 is 10.6 Å². The van der Waals surface area contributed by atoms with E-state index in [9.17, 15) is 14.4 Å². The Balaban J connectivity index is 2.71. The van der Waals surface area contributed by atoms with Crippen LogP contribution >= 0.6 is 0 Å². The topological polar surface area (TPSA) is 87.7 Å². The molecule has 0 bridgehead atoms. The maximum atomic E-state index is 14.7. The van der Waals surface area contributed by atoms with E-state index in [1.54, 1.807) is 25.7 Å². The number of nitrogens with zero attached hydrogens (tertiary/aromatic N) is 1. The Morgan fingerprint density at radius 3 is 1.93 bits per heavy atom. The quantitative estimate of drug-likeness (QED) is 0.260. The van der Waals surface area contributed by atoms with Crippen LogP contribution in [0.3, 0.4) is 0 Å². The summed E-state index contributed by atoms with van der Waals surface area (Å²) in [6, 6.07) is 9.77. The van der Waals surface area contributed by atoms with Crippen LogP contribution in [0.5, 0.6) is 0 Å². The summed E-state index contributed by atoms with van der Waals surface area (Å²) >= 11 is 0. The lowest BCUT2D eigenvalue weighted by atomic mass is 9.93. The van der Waals surface area contributed by atoms with Crippen LogP contribution in [0.2, 0.25) is 0 Å². The van der Waals surface area contributed by atoms with E-state index in [2.05, 4.69) is 24.5 Å². The van der Waals surface area contributed by atoms with Gasteiger partial charge in [-0.05, 0) is 114 Å². The summed E-state index contributed by atoms with van der Waals surface area (Å²) in [6.07, 6.45) is 1.35. The van der Waals surface area contributed by atoms with E-state index < -0.39 is 23.8 Å². The number of para-hydroxylation sites is 1. The molecule has 2 aromatic carbocycles. The second-order valence-electron chi connectivity index (χ2n) is 13.9. The highest BCUT2D eigenvalue weighted by atomic mass is 16.6. The molecule has 0 saturated heterocycles. The first-order chi connectivity index (χ1) is 19.9. The monoisotopic (exact) mass is 593 g/mol. The molecule has 3 atom stereocenters. The fourth-order valence-corrected chi connectivity index (χ4v) is 5.21. The van der Waals surface area contributed by atoms with Crippen LogP contribution in [0.15, 0.2) is 36.4 Å². The maximum absolute atomic E-state index is 14.7. The number of carbonyl (C=O) groups excluding carboxylic acids is 3. The van der Waals surface area contributed by atoms with E-state index in [4.69, 9.17) is 4.74 Å². The number of alkyl carbamates (subject to hydrolysis) is 1. The van der Waals surface area contributed by atoms with E-state index in [0.29, 0.717) is 18.8 Å². The highest BCUT2D eigenvalue weighted by Crippen LogP contribution is 2.31. The lowest BCUT2D eigenvalue weighted by Gasteiger charge is -2.39. The van der Waals surface area contributed by atoms with Gasteiger partial charge in [-0.15, -0.1) is 0 Å². The third-order valence-electron chi connectivity index (χ3n) is 7.69. The number of amides is 3. The molecule has 2 rings (SSSR count). The van der Waals surface area contributed by atoms with Crippen molar-refractivity contribution in [2.24, 2.45) is 11.8 Å². The van der Waals surface area contributed by atoms with Gasteiger partial charge in [0.2, 0.25) is 5.91 Å². The number of benzene rings is 2. The first-order valence-corrected chi connectivity index (χ1v) is 15.7. The van der Waals surface area contributed by atoms with Gasteiger partial charge in [0.25, 0.3) is 5.91 Å². The number of anilines is 1. The maximum Gasteiger partial charge on any atom is 0.408 e. The van der Waals surface area contributed by atoms with E-state index >= 15 is 0 Å². The fraction of sp³-hybridized carbons (Fsp3) is 0.583. The van der Waals surface area contributed by atoms with Crippen molar-refractivity contribution in [3.8, 4) is 0 Å². The van der Waals surface area contributed by atoms with Gasteiger partial charge >= 0.3 is 6.09 Å². The van der Waals surface area contributed by atoms with Crippen LogP contribution in [-0.2, 0) is 14.3 Å². The van der Waals surface area contributed by atoms with Crippen LogP contribution in [0.4, 0.5) is 10.5 Å². The van der Waals surface area contributed by atoms with Crippen molar-refractivity contribution in [1.29, 1.82) is 0 Å². The molecule has 7 heteroatoms. The predicted octanol–water partition coefficient (Wildman–Crippen LogP) is 8.19. The molecule has 0 heterocycles. The van der Waals surface area contributed by atoms with Gasteiger partial charge in [-0.1, -0.05) is 64.1 Å². The number of nitrogens with one attached hydrogen (secondary N) is 2. The van der Waals surface area contributed by atoms with Crippen LogP contribution in [-0.4, -0.2) is 40.5 Å². The zero-order valence-corrected chi connectivity index (χ0v) is 28.6. The average molecular weight is 594 g/mol. The minimum absolute atomic E-state index is 0.111. The summed E-state index contributed by atoms with van der Waals surface area (Å²) in [5, 5.41) is 6.03. The molecule has 43 heavy (non-hydrogen) atoms. The van der Waals surface area contributed by atoms with E-state index in [-0.39, 0.29) is 23.8 Å². The highest BCUT2D eigenvalue weighted by Gasteiger charge is 2.39. The van der Waals surface area contributed by atoms with E-state index in [0.717, 1.165) is 39.9 Å². The summed E-state index contributed by atoms with van der Waals surface area (Å²) in [7, 11) is 0. The van der Waals surface area contributed by atoms with Crippen molar-refractivity contribution in [3.05, 3.63) is 64.2 Å². The Morgan fingerprint density at radius 1 is 0.814 bits per heavy atom. The number of aryl methyl sites for hydroxylation is 4. The normalized spacial score (nSPS) is 13.8. The SMILES string of the molecule is Cc1ccc(C(C(=O)Nc2c(C)cccc2C)N(C(=O)C(CC(C)C)NC(=O)OC(C)(C)C)C(C)CCC(C)C)cc1C. The second-order valence-corrected chi connectivity index (χ2v) is 13.9. The molecule has 0 radical (unpaired) electrons. The average Bonchev–Trinajstić information content (AvgIpc) is 2.87. The number of hydrogen-bond acceptors (Lipinski definition) is 4. The van der Waals surface area contributed by atoms with Gasteiger partial charge in [-0.2, -0.15) is 0 Å². The first kappa shape index (κ1) is 35.8. The van der Waals surface area contributed by atoms with Crippen molar-refractivity contribution >= 4 is 23.6 Å². The van der Waals surface area contributed by atoms with Gasteiger partial charge in [0.05, 0.1) is 0 Å². The lowest BCUT2D eigenvalue weighted by molar-refractivity contribution is -0.144. The molecule has 0 spiro atoms. The molecule has 0 aliphatic rings. The third-order valence-corrected chi connectivity index (χ3v) is 7.69. The number of carbonyl (C=O) groups is 3. The molecule has 0 saturated carbocycles. The molecule has 0 fully saturated rings. The van der Waals surface area contributed by atoms with Gasteiger partial charge in [0.15, 0.2) is 0 Å². The Kier molecular flexibility index (Phi) is 12.8. The molecule has 3 unspecified atom stereocenters. The third kappa shape index (κ3) is 10.7. The van der Waals surface area contributed by atoms with Gasteiger partial charge < -0.3 is 20.3 Å². The standard InChI is InChI=1S/C36H55N3O4/c1-22(2)16-18-28(9)39(34(41)30(20-23(3)4)37-35(42)43-36(10,11)12)32(29-19-17-24(5)27(8)21-29)33(40)38-31-25(6)14-13-15-26(31)7/h13-15,17,19,21-23,28,30,32H,16,18,20H2,1-12H3,(H,37,42)(H,38,40). The zero-order chi connectivity index (χ0) is 32.6. The lowest BCUT2D eigenvalue weighted by Crippen LogP contribution is -2.55. The molecule has 0 aromatic heterocycles. The molecular weight excluding hydrogens is 538 g/mol. The van der Waals surface area contributed by atoms with Crippen LogP contribution in [0.25, 0.3) is 0 Å². The molecule has 7 nitrogen and oxygen atoms in total. The zero-order valence-electron chi connectivity index (χ0n) is 28.6. The highest BCUT2D eigenvalue weighted by molar-refractivity contribution is 6.00.